The molecule has 24 heavy (non-hydrogen) atoms. The van der Waals surface area contributed by atoms with Gasteiger partial charge in [0.05, 0.1) is 28.4 Å². The molecule has 9 heteroatoms. The standard InChI is InChI=1S/C15H16N6O3/c1-9-11-5-16-12(15-14(21(22)23)6-17-18-15)4-13(11)20(19-9)7-10-2-3-24-8-10/h4-6,10H,2-3,7-8H2,1H3,(H,17,18). The van der Waals surface area contributed by atoms with Crippen LogP contribution in [-0.4, -0.2) is 43.1 Å². The first-order chi connectivity index (χ1) is 11.6. The van der Waals surface area contributed by atoms with Gasteiger partial charge in [0.15, 0.2) is 5.69 Å². The maximum absolute atomic E-state index is 11.1. The maximum Gasteiger partial charge on any atom is 0.316 e. The molecule has 4 rings (SSSR count). The highest BCUT2D eigenvalue weighted by Gasteiger charge is 2.22. The molecule has 1 atom stereocenters. The molecule has 3 aromatic rings. The number of hydrogen-bond donors (Lipinski definition) is 1. The Labute approximate surface area is 136 Å². The van der Waals surface area contributed by atoms with Gasteiger partial charge in [0, 0.05) is 30.7 Å². The van der Waals surface area contributed by atoms with Crippen LogP contribution in [-0.2, 0) is 11.3 Å². The molecule has 9 nitrogen and oxygen atoms in total. The summed E-state index contributed by atoms with van der Waals surface area (Å²) < 4.78 is 7.37. The van der Waals surface area contributed by atoms with Crippen molar-refractivity contribution in [1.82, 2.24) is 25.0 Å². The summed E-state index contributed by atoms with van der Waals surface area (Å²) in [4.78, 5) is 15.0. The summed E-state index contributed by atoms with van der Waals surface area (Å²) >= 11 is 0. The Morgan fingerprint density at radius 2 is 2.38 bits per heavy atom. The Balaban J connectivity index is 1.78. The fourth-order valence-electron chi connectivity index (χ4n) is 3.08. The van der Waals surface area contributed by atoms with Gasteiger partial charge < -0.3 is 4.74 Å². The first-order valence-corrected chi connectivity index (χ1v) is 7.72. The third kappa shape index (κ3) is 2.42. The van der Waals surface area contributed by atoms with Crippen LogP contribution in [0.1, 0.15) is 12.1 Å². The predicted molar refractivity (Wildman–Crippen MR) is 85.4 cm³/mol. The molecular formula is C15H16N6O3. The molecule has 1 N–H and O–H groups in total. The van der Waals surface area contributed by atoms with Crippen molar-refractivity contribution in [3.63, 3.8) is 0 Å². The van der Waals surface area contributed by atoms with Gasteiger partial charge in [0.1, 0.15) is 6.20 Å². The van der Waals surface area contributed by atoms with Gasteiger partial charge in [-0.3, -0.25) is 24.9 Å². The fourth-order valence-corrected chi connectivity index (χ4v) is 3.08. The number of nitrogens with zero attached hydrogens (tertiary/aromatic N) is 5. The molecule has 4 heterocycles. The summed E-state index contributed by atoms with van der Waals surface area (Å²) in [6.07, 6.45) is 3.92. The second-order valence-electron chi connectivity index (χ2n) is 5.97. The molecule has 0 bridgehead atoms. The topological polar surface area (TPSA) is 112 Å². The van der Waals surface area contributed by atoms with Crippen LogP contribution in [0.15, 0.2) is 18.5 Å². The number of aryl methyl sites for hydroxylation is 1. The third-order valence-electron chi connectivity index (χ3n) is 4.35. The van der Waals surface area contributed by atoms with Gasteiger partial charge in [-0.05, 0) is 19.4 Å². The smallest absolute Gasteiger partial charge is 0.316 e. The number of pyridine rings is 1. The number of ether oxygens (including phenoxy) is 1. The first-order valence-electron chi connectivity index (χ1n) is 7.72. The van der Waals surface area contributed by atoms with E-state index in [4.69, 9.17) is 4.74 Å². The van der Waals surface area contributed by atoms with Crippen molar-refractivity contribution in [1.29, 1.82) is 0 Å². The quantitative estimate of drug-likeness (QED) is 0.579. The van der Waals surface area contributed by atoms with Crippen molar-refractivity contribution in [2.75, 3.05) is 13.2 Å². The third-order valence-corrected chi connectivity index (χ3v) is 4.35. The van der Waals surface area contributed by atoms with E-state index in [1.165, 1.54) is 6.20 Å². The number of rotatable bonds is 4. The van der Waals surface area contributed by atoms with E-state index >= 15 is 0 Å². The summed E-state index contributed by atoms with van der Waals surface area (Å²) in [6, 6.07) is 1.83. The summed E-state index contributed by atoms with van der Waals surface area (Å²) in [7, 11) is 0. The average Bonchev–Trinajstić information content (AvgIpc) is 3.29. The number of nitro groups is 1. The van der Waals surface area contributed by atoms with E-state index in [1.807, 2.05) is 17.7 Å². The molecule has 0 saturated carbocycles. The van der Waals surface area contributed by atoms with Crippen molar-refractivity contribution in [3.05, 3.63) is 34.3 Å². The highest BCUT2D eigenvalue weighted by Crippen LogP contribution is 2.29. The van der Waals surface area contributed by atoms with Gasteiger partial charge >= 0.3 is 5.69 Å². The Hall–Kier alpha value is -2.81. The van der Waals surface area contributed by atoms with Crippen LogP contribution in [0.5, 0.6) is 0 Å². The summed E-state index contributed by atoms with van der Waals surface area (Å²) in [5, 5.41) is 23.1. The second kappa shape index (κ2) is 5.68. The number of aromatic amines is 1. The lowest BCUT2D eigenvalue weighted by Crippen LogP contribution is -2.11. The van der Waals surface area contributed by atoms with E-state index in [0.29, 0.717) is 17.3 Å². The largest absolute Gasteiger partial charge is 0.381 e. The van der Waals surface area contributed by atoms with E-state index in [9.17, 15) is 10.1 Å². The minimum Gasteiger partial charge on any atom is -0.381 e. The van der Waals surface area contributed by atoms with Crippen molar-refractivity contribution in [3.8, 4) is 11.4 Å². The second-order valence-corrected chi connectivity index (χ2v) is 5.97. The predicted octanol–water partition coefficient (Wildman–Crippen LogP) is 2.07. The van der Waals surface area contributed by atoms with Crippen LogP contribution < -0.4 is 0 Å². The van der Waals surface area contributed by atoms with Crippen LogP contribution in [0.3, 0.4) is 0 Å². The van der Waals surface area contributed by atoms with Crippen LogP contribution in [0.4, 0.5) is 5.69 Å². The number of aromatic nitrogens is 5. The molecule has 3 aromatic heterocycles. The molecule has 124 valence electrons. The SMILES string of the molecule is Cc1nn(CC2CCOC2)c2cc(-c3[nH]ncc3[N+](=O)[O-])ncc12. The first kappa shape index (κ1) is 14.8. The van der Waals surface area contributed by atoms with Gasteiger partial charge in [-0.2, -0.15) is 10.2 Å². The van der Waals surface area contributed by atoms with Gasteiger partial charge in [0.2, 0.25) is 0 Å². The lowest BCUT2D eigenvalue weighted by molar-refractivity contribution is -0.384. The van der Waals surface area contributed by atoms with Crippen molar-refractivity contribution >= 4 is 16.6 Å². The lowest BCUT2D eigenvalue weighted by atomic mass is 10.1. The van der Waals surface area contributed by atoms with Gasteiger partial charge in [-0.15, -0.1) is 0 Å². The zero-order valence-electron chi connectivity index (χ0n) is 13.1. The molecule has 0 amide bonds. The zero-order valence-corrected chi connectivity index (χ0v) is 13.1. The molecule has 1 aliphatic rings. The number of nitrogens with one attached hydrogen (secondary N) is 1. The van der Waals surface area contributed by atoms with Crippen LogP contribution in [0, 0.1) is 23.0 Å². The van der Waals surface area contributed by atoms with Crippen molar-refractivity contribution < 1.29 is 9.66 Å². The van der Waals surface area contributed by atoms with Gasteiger partial charge in [-0.25, -0.2) is 0 Å². The minimum atomic E-state index is -0.469. The van der Waals surface area contributed by atoms with E-state index in [2.05, 4.69) is 20.3 Å². The maximum atomic E-state index is 11.1. The molecule has 0 aromatic carbocycles. The number of fused-ring (bicyclic) bond motifs is 1. The molecule has 1 aliphatic heterocycles. The summed E-state index contributed by atoms with van der Waals surface area (Å²) in [5.41, 5.74) is 2.50. The summed E-state index contributed by atoms with van der Waals surface area (Å²) in [6.45, 7) is 4.23. The van der Waals surface area contributed by atoms with E-state index in [-0.39, 0.29) is 5.69 Å². The van der Waals surface area contributed by atoms with Crippen LogP contribution >= 0.6 is 0 Å². The zero-order chi connectivity index (χ0) is 16.7. The van der Waals surface area contributed by atoms with E-state index < -0.39 is 4.92 Å². The highest BCUT2D eigenvalue weighted by atomic mass is 16.6. The van der Waals surface area contributed by atoms with Gasteiger partial charge in [0.25, 0.3) is 0 Å². The molecule has 0 spiro atoms. The van der Waals surface area contributed by atoms with Crippen LogP contribution in [0.2, 0.25) is 0 Å². The Morgan fingerprint density at radius 1 is 1.50 bits per heavy atom. The molecular weight excluding hydrogens is 312 g/mol. The Morgan fingerprint density at radius 3 is 3.12 bits per heavy atom. The number of hydrogen-bond acceptors (Lipinski definition) is 6. The Kier molecular flexibility index (Phi) is 3.49. The van der Waals surface area contributed by atoms with Crippen molar-refractivity contribution in [2.45, 2.75) is 19.9 Å². The summed E-state index contributed by atoms with van der Waals surface area (Å²) in [5.74, 6) is 0.436. The monoisotopic (exact) mass is 328 g/mol. The molecule has 0 radical (unpaired) electrons. The van der Waals surface area contributed by atoms with Crippen LogP contribution in [0.25, 0.3) is 22.3 Å². The van der Waals surface area contributed by atoms with Gasteiger partial charge in [-0.1, -0.05) is 0 Å². The minimum absolute atomic E-state index is 0.0890. The molecule has 1 saturated heterocycles. The van der Waals surface area contributed by atoms with Crippen molar-refractivity contribution in [2.24, 2.45) is 5.92 Å². The Bertz CT molecular complexity index is 909. The molecule has 1 fully saturated rings. The number of H-pyrrole nitrogens is 1. The average molecular weight is 328 g/mol. The van der Waals surface area contributed by atoms with E-state index in [0.717, 1.165) is 42.8 Å². The lowest BCUT2D eigenvalue weighted by Gasteiger charge is -2.09. The highest BCUT2D eigenvalue weighted by molar-refractivity contribution is 5.85. The fraction of sp³-hybridized carbons (Fsp3) is 0.400. The normalized spacial score (nSPS) is 17.6. The van der Waals surface area contributed by atoms with E-state index in [1.54, 1.807) is 6.20 Å². The molecule has 1 unspecified atom stereocenters. The molecule has 0 aliphatic carbocycles.